The lowest BCUT2D eigenvalue weighted by Gasteiger charge is -2.24. The third-order valence-electron chi connectivity index (χ3n) is 4.98. The molecule has 2 aliphatic heterocycles. The minimum absolute atomic E-state index is 0.0550. The highest BCUT2D eigenvalue weighted by molar-refractivity contribution is 8.15. The molecule has 3 rings (SSSR count). The summed E-state index contributed by atoms with van der Waals surface area (Å²) in [6.07, 6.45) is 1.52. The van der Waals surface area contributed by atoms with E-state index < -0.39 is 9.84 Å². The summed E-state index contributed by atoms with van der Waals surface area (Å²) in [6, 6.07) is 7.34. The van der Waals surface area contributed by atoms with Gasteiger partial charge in [-0.15, -0.1) is 0 Å². The second kappa shape index (κ2) is 7.90. The van der Waals surface area contributed by atoms with Gasteiger partial charge < -0.3 is 4.90 Å². The van der Waals surface area contributed by atoms with Crippen molar-refractivity contribution in [3.05, 3.63) is 34.9 Å². The Morgan fingerprint density at radius 3 is 2.54 bits per heavy atom. The molecule has 0 saturated carbocycles. The fourth-order valence-electron chi connectivity index (χ4n) is 3.43. The Morgan fingerprint density at radius 1 is 1.27 bits per heavy atom. The number of carbonyl (C=O) groups excluding carboxylic acids is 1. The van der Waals surface area contributed by atoms with Crippen LogP contribution in [0.2, 0.25) is 5.02 Å². The van der Waals surface area contributed by atoms with Crippen molar-refractivity contribution in [1.82, 2.24) is 4.90 Å². The second-order valence-corrected chi connectivity index (χ2v) is 10.6. The van der Waals surface area contributed by atoms with Crippen LogP contribution in [-0.2, 0) is 21.2 Å². The zero-order valence-electron chi connectivity index (χ0n) is 14.9. The first-order valence-corrected chi connectivity index (χ1v) is 11.9. The number of carbonyl (C=O) groups is 1. The molecule has 0 N–H and O–H groups in total. The van der Waals surface area contributed by atoms with Crippen LogP contribution < -0.4 is 0 Å². The monoisotopic (exact) mass is 414 g/mol. The molecular weight excluding hydrogens is 392 g/mol. The van der Waals surface area contributed by atoms with E-state index in [4.69, 9.17) is 11.6 Å². The van der Waals surface area contributed by atoms with Gasteiger partial charge in [0.05, 0.1) is 17.5 Å². The largest absolute Gasteiger partial charge is 0.342 e. The molecule has 2 fully saturated rings. The van der Waals surface area contributed by atoms with Gasteiger partial charge in [0.2, 0.25) is 0 Å². The average Bonchev–Trinajstić information content (AvgIpc) is 3.03. The lowest BCUT2D eigenvalue weighted by molar-refractivity contribution is -0.121. The minimum atomic E-state index is -3.04. The van der Waals surface area contributed by atoms with Crippen LogP contribution in [0.3, 0.4) is 0 Å². The molecule has 2 aliphatic rings. The van der Waals surface area contributed by atoms with E-state index in [2.05, 4.69) is 4.99 Å². The van der Waals surface area contributed by atoms with E-state index >= 15 is 0 Å². The Bertz CT molecular complexity index is 804. The fourth-order valence-corrected chi connectivity index (χ4v) is 7.51. The van der Waals surface area contributed by atoms with E-state index in [-0.39, 0.29) is 34.6 Å². The van der Waals surface area contributed by atoms with Crippen molar-refractivity contribution in [2.45, 2.75) is 44.5 Å². The summed E-state index contributed by atoms with van der Waals surface area (Å²) in [5.74, 6) is 0.0831. The number of rotatable bonds is 5. The van der Waals surface area contributed by atoms with Gasteiger partial charge >= 0.3 is 0 Å². The molecular formula is C18H23ClN2O3S2. The van der Waals surface area contributed by atoms with Crippen molar-refractivity contribution >= 4 is 44.3 Å². The Hall–Kier alpha value is -1.05. The average molecular weight is 415 g/mol. The van der Waals surface area contributed by atoms with Crippen molar-refractivity contribution in [3.63, 3.8) is 0 Å². The number of thioether (sulfide) groups is 1. The maximum absolute atomic E-state index is 12.5. The van der Waals surface area contributed by atoms with E-state index in [9.17, 15) is 13.2 Å². The predicted octanol–water partition coefficient (Wildman–Crippen LogP) is 3.37. The van der Waals surface area contributed by atoms with Crippen LogP contribution in [0.5, 0.6) is 0 Å². The van der Waals surface area contributed by atoms with Crippen molar-refractivity contribution in [3.8, 4) is 0 Å². The van der Waals surface area contributed by atoms with E-state index in [1.807, 2.05) is 43.0 Å². The van der Waals surface area contributed by atoms with Crippen LogP contribution in [0, 0.1) is 5.92 Å². The summed E-state index contributed by atoms with van der Waals surface area (Å²) in [5.41, 5.74) is 1.02. The van der Waals surface area contributed by atoms with Crippen LogP contribution in [0.15, 0.2) is 29.3 Å². The van der Waals surface area contributed by atoms with Gasteiger partial charge in [-0.1, -0.05) is 49.3 Å². The molecule has 0 bridgehead atoms. The van der Waals surface area contributed by atoms with E-state index in [0.29, 0.717) is 16.7 Å². The SMILES string of the molecule is CCC(CC)C(=O)N=C1S[C@@H]2CS(=O)(=O)C[C@@H]2N1Cc1ccc(Cl)cc1. The predicted molar refractivity (Wildman–Crippen MR) is 107 cm³/mol. The Balaban J connectivity index is 1.88. The van der Waals surface area contributed by atoms with Gasteiger partial charge in [-0.2, -0.15) is 4.99 Å². The summed E-state index contributed by atoms with van der Waals surface area (Å²) in [4.78, 5) is 18.9. The van der Waals surface area contributed by atoms with Gasteiger partial charge in [0.25, 0.3) is 5.91 Å². The molecule has 0 unspecified atom stereocenters. The van der Waals surface area contributed by atoms with Crippen LogP contribution in [0.4, 0.5) is 0 Å². The number of nitrogens with zero attached hydrogens (tertiary/aromatic N) is 2. The third-order valence-corrected chi connectivity index (χ3v) is 8.48. The number of sulfone groups is 1. The molecule has 8 heteroatoms. The first-order valence-electron chi connectivity index (χ1n) is 8.83. The van der Waals surface area contributed by atoms with E-state index in [1.54, 1.807) is 0 Å². The van der Waals surface area contributed by atoms with E-state index in [0.717, 1.165) is 18.4 Å². The van der Waals surface area contributed by atoms with Crippen LogP contribution in [-0.4, -0.2) is 47.2 Å². The number of amides is 1. The normalized spacial score (nSPS) is 25.8. The Labute approximate surface area is 164 Å². The highest BCUT2D eigenvalue weighted by Crippen LogP contribution is 2.39. The summed E-state index contributed by atoms with van der Waals surface area (Å²) in [6.45, 7) is 4.50. The van der Waals surface area contributed by atoms with Crippen LogP contribution in [0.1, 0.15) is 32.3 Å². The number of aliphatic imine (C=N–C) groups is 1. The molecule has 1 aromatic carbocycles. The van der Waals surface area contributed by atoms with Gasteiger partial charge in [0.1, 0.15) is 0 Å². The van der Waals surface area contributed by atoms with Gasteiger partial charge in [-0.3, -0.25) is 4.79 Å². The summed E-state index contributed by atoms with van der Waals surface area (Å²) in [5, 5.41) is 1.26. The van der Waals surface area contributed by atoms with Gasteiger partial charge in [0.15, 0.2) is 15.0 Å². The zero-order valence-corrected chi connectivity index (χ0v) is 17.3. The van der Waals surface area contributed by atoms with Gasteiger partial charge in [-0.25, -0.2) is 8.42 Å². The smallest absolute Gasteiger partial charge is 0.251 e. The number of fused-ring (bicyclic) bond motifs is 1. The molecule has 142 valence electrons. The van der Waals surface area contributed by atoms with Gasteiger partial charge in [-0.05, 0) is 30.5 Å². The molecule has 0 spiro atoms. The Morgan fingerprint density at radius 2 is 1.92 bits per heavy atom. The number of hydrogen-bond acceptors (Lipinski definition) is 4. The molecule has 26 heavy (non-hydrogen) atoms. The molecule has 0 aromatic heterocycles. The summed E-state index contributed by atoms with van der Waals surface area (Å²) in [7, 11) is -3.04. The number of benzene rings is 1. The first kappa shape index (κ1) is 19.7. The molecule has 0 radical (unpaired) electrons. The highest BCUT2D eigenvalue weighted by atomic mass is 35.5. The lowest BCUT2D eigenvalue weighted by Crippen LogP contribution is -2.37. The molecule has 2 saturated heterocycles. The second-order valence-electron chi connectivity index (χ2n) is 6.80. The molecule has 2 heterocycles. The number of hydrogen-bond donors (Lipinski definition) is 0. The Kier molecular flexibility index (Phi) is 5.99. The summed E-state index contributed by atoms with van der Waals surface area (Å²) < 4.78 is 24.1. The van der Waals surface area contributed by atoms with Crippen LogP contribution in [0.25, 0.3) is 0 Å². The quantitative estimate of drug-likeness (QED) is 0.738. The molecule has 0 aliphatic carbocycles. The summed E-state index contributed by atoms with van der Waals surface area (Å²) >= 11 is 7.38. The van der Waals surface area contributed by atoms with Crippen molar-refractivity contribution in [2.75, 3.05) is 11.5 Å². The number of halogens is 1. The van der Waals surface area contributed by atoms with Crippen molar-refractivity contribution in [1.29, 1.82) is 0 Å². The standard InChI is InChI=1S/C18H23ClN2O3S2/c1-3-13(4-2)17(22)20-18-21(9-12-5-7-14(19)8-6-12)15-10-26(23,24)11-16(15)25-18/h5-8,13,15-16H,3-4,9-11H2,1-2H3/t15-,16+/m0/s1. The zero-order chi connectivity index (χ0) is 18.9. The molecule has 1 amide bonds. The van der Waals surface area contributed by atoms with Crippen molar-refractivity contribution in [2.24, 2.45) is 10.9 Å². The minimum Gasteiger partial charge on any atom is -0.342 e. The molecule has 5 nitrogen and oxygen atoms in total. The topological polar surface area (TPSA) is 66.8 Å². The number of amidine groups is 1. The maximum Gasteiger partial charge on any atom is 0.251 e. The molecule has 2 atom stereocenters. The van der Waals surface area contributed by atoms with E-state index in [1.165, 1.54) is 11.8 Å². The van der Waals surface area contributed by atoms with Gasteiger partial charge in [0, 0.05) is 22.7 Å². The first-order chi connectivity index (χ1) is 12.3. The van der Waals surface area contributed by atoms with Crippen LogP contribution >= 0.6 is 23.4 Å². The maximum atomic E-state index is 12.5. The lowest BCUT2D eigenvalue weighted by atomic mass is 10.0. The fraction of sp³-hybridized carbons (Fsp3) is 0.556. The van der Waals surface area contributed by atoms with Crippen molar-refractivity contribution < 1.29 is 13.2 Å². The molecule has 1 aromatic rings. The third kappa shape index (κ3) is 4.26. The highest BCUT2D eigenvalue weighted by Gasteiger charge is 2.48.